The van der Waals surface area contributed by atoms with Crippen LogP contribution in [-0.2, 0) is 15.9 Å². The van der Waals surface area contributed by atoms with Crippen LogP contribution in [0.4, 0.5) is 27.0 Å². The molecule has 10 rings (SSSR count). The second-order valence-corrected chi connectivity index (χ2v) is 19.6. The summed E-state index contributed by atoms with van der Waals surface area (Å²) < 4.78 is 27.4. The number of hydrogen-bond acceptors (Lipinski definition) is 13. The minimum Gasteiger partial charge on any atom is -0.476 e. The van der Waals surface area contributed by atoms with Gasteiger partial charge in [0.05, 0.1) is 35.6 Å². The van der Waals surface area contributed by atoms with Crippen LogP contribution in [0.3, 0.4) is 0 Å². The largest absolute Gasteiger partial charge is 0.476 e. The molecule has 318 valence electrons. The zero-order valence-electron chi connectivity index (χ0n) is 35.1. The summed E-state index contributed by atoms with van der Waals surface area (Å²) in [5.41, 5.74) is 10.7. The Labute approximate surface area is 354 Å². The normalized spacial score (nSPS) is 28.2. The fourth-order valence-corrected chi connectivity index (χ4v) is 12.7. The number of aromatic carboxylic acids is 1. The van der Waals surface area contributed by atoms with Crippen molar-refractivity contribution in [2.45, 2.75) is 84.7 Å². The summed E-state index contributed by atoms with van der Waals surface area (Å²) in [5.74, 6) is 1.08. The topological polar surface area (TPSA) is 164 Å². The molecule has 0 amide bonds. The molecule has 4 saturated carbocycles. The van der Waals surface area contributed by atoms with Gasteiger partial charge < -0.3 is 30.5 Å². The van der Waals surface area contributed by atoms with Crippen LogP contribution in [0.15, 0.2) is 41.5 Å². The standard InChI is InChI=1S/C45H56FN9O4S/c1-27-31-7-6-12-55(40(31)53-52-39(27)51-42-49-35-9-5-8-34(46)38(35)60-42)36-11-10-32(37(50-36)41(56)57)33(22-47)28(2)48-23-30-20-44(4)24-43(3)19-29(30)21-45(25-43,26-44)59-18-15-54-13-16-58-17-14-54/h5,8-11,22,29-30H,6-7,12-21,23-26,47H2,1-4H3,(H,56,57)(H,49,51,52). The number of nitrogens with two attached hydrogens (primary N) is 1. The van der Waals surface area contributed by atoms with Gasteiger partial charge in [-0.25, -0.2) is 19.2 Å². The van der Waals surface area contributed by atoms with Gasteiger partial charge in [-0.05, 0) is 112 Å². The first kappa shape index (κ1) is 40.8. The van der Waals surface area contributed by atoms with E-state index in [0.29, 0.717) is 74.6 Å². The fraction of sp³-hybridized carbons (Fsp3) is 0.556. The number of benzene rings is 1. The van der Waals surface area contributed by atoms with Gasteiger partial charge in [0.25, 0.3) is 0 Å². The molecule has 5 atom stereocenters. The number of aromatic nitrogens is 4. The van der Waals surface area contributed by atoms with Gasteiger partial charge in [-0.2, -0.15) is 0 Å². The van der Waals surface area contributed by atoms with Gasteiger partial charge in [-0.1, -0.05) is 31.3 Å². The lowest BCUT2D eigenvalue weighted by molar-refractivity contribution is -0.166. The molecular weight excluding hydrogens is 782 g/mol. The third-order valence-corrected chi connectivity index (χ3v) is 14.8. The highest BCUT2D eigenvalue weighted by Gasteiger charge is 2.60. The molecule has 3 aromatic heterocycles. The summed E-state index contributed by atoms with van der Waals surface area (Å²) in [5, 5.41) is 23.4. The first-order valence-electron chi connectivity index (χ1n) is 21.4. The van der Waals surface area contributed by atoms with Crippen molar-refractivity contribution >= 4 is 61.4 Å². The Balaban J connectivity index is 0.921. The van der Waals surface area contributed by atoms with Crippen molar-refractivity contribution in [2.75, 3.05) is 62.8 Å². The van der Waals surface area contributed by atoms with Gasteiger partial charge >= 0.3 is 5.97 Å². The average Bonchev–Trinajstić information content (AvgIpc) is 3.58. The number of carbonyl (C=O) groups is 1. The molecule has 5 unspecified atom stereocenters. The number of ether oxygens (including phenoxy) is 2. The zero-order chi connectivity index (χ0) is 41.8. The summed E-state index contributed by atoms with van der Waals surface area (Å²) in [7, 11) is 0. The predicted molar refractivity (Wildman–Crippen MR) is 233 cm³/mol. The average molecular weight is 838 g/mol. The Kier molecular flexibility index (Phi) is 10.9. The van der Waals surface area contributed by atoms with Gasteiger partial charge in [-0.15, -0.1) is 10.2 Å². The molecule has 5 heterocycles. The lowest BCUT2D eigenvalue weighted by Crippen LogP contribution is -2.53. The highest BCUT2D eigenvalue weighted by Crippen LogP contribution is 2.66. The van der Waals surface area contributed by atoms with Crippen molar-refractivity contribution in [1.29, 1.82) is 0 Å². The first-order chi connectivity index (χ1) is 28.8. The summed E-state index contributed by atoms with van der Waals surface area (Å²) in [6.07, 6.45) is 9.84. The number of morpholine rings is 1. The Morgan fingerprint density at radius 3 is 2.67 bits per heavy atom. The number of aliphatic imine (C=N–C) groups is 1. The molecule has 0 spiro atoms. The summed E-state index contributed by atoms with van der Waals surface area (Å²) in [6, 6.07) is 8.45. The molecule has 2 aliphatic heterocycles. The molecule has 0 radical (unpaired) electrons. The van der Waals surface area contributed by atoms with Crippen LogP contribution < -0.4 is 16.0 Å². The van der Waals surface area contributed by atoms with E-state index in [1.807, 2.05) is 24.8 Å². The molecule has 4 bridgehead atoms. The van der Waals surface area contributed by atoms with E-state index in [2.05, 4.69) is 39.2 Å². The molecule has 1 saturated heterocycles. The number of rotatable bonds is 12. The maximum atomic E-state index is 14.4. The lowest BCUT2D eigenvalue weighted by Gasteiger charge is -2.56. The summed E-state index contributed by atoms with van der Waals surface area (Å²) >= 11 is 1.22. The zero-order valence-corrected chi connectivity index (χ0v) is 35.9. The van der Waals surface area contributed by atoms with E-state index in [4.69, 9.17) is 25.2 Å². The van der Waals surface area contributed by atoms with Crippen molar-refractivity contribution < 1.29 is 23.8 Å². The molecule has 4 aliphatic carbocycles. The van der Waals surface area contributed by atoms with Crippen LogP contribution in [0.2, 0.25) is 0 Å². The molecule has 6 aliphatic rings. The number of carboxylic acids is 1. The van der Waals surface area contributed by atoms with Crippen LogP contribution in [0.25, 0.3) is 15.8 Å². The van der Waals surface area contributed by atoms with Crippen molar-refractivity contribution in [3.63, 3.8) is 0 Å². The van der Waals surface area contributed by atoms with Gasteiger partial charge in [0.1, 0.15) is 11.6 Å². The number of pyridine rings is 1. The Morgan fingerprint density at radius 2 is 1.90 bits per heavy atom. The Hall–Kier alpha value is -4.57. The molecule has 15 heteroatoms. The number of fused-ring (bicyclic) bond motifs is 3. The number of nitrogens with one attached hydrogen (secondary N) is 1. The second-order valence-electron chi connectivity index (χ2n) is 18.6. The van der Waals surface area contributed by atoms with Gasteiger partial charge in [0.2, 0.25) is 0 Å². The Morgan fingerprint density at radius 1 is 1.10 bits per heavy atom. The fourth-order valence-electron chi connectivity index (χ4n) is 11.8. The maximum Gasteiger partial charge on any atom is 0.355 e. The monoisotopic (exact) mass is 837 g/mol. The highest BCUT2D eigenvalue weighted by molar-refractivity contribution is 7.22. The molecular formula is C45H56FN9O4S. The van der Waals surface area contributed by atoms with E-state index in [-0.39, 0.29) is 27.9 Å². The van der Waals surface area contributed by atoms with E-state index in [1.54, 1.807) is 18.2 Å². The third-order valence-electron chi connectivity index (χ3n) is 13.8. The van der Waals surface area contributed by atoms with E-state index in [9.17, 15) is 14.3 Å². The number of nitrogens with zero attached hydrogens (tertiary/aromatic N) is 7. The molecule has 60 heavy (non-hydrogen) atoms. The Bertz CT molecular complexity index is 2370. The van der Waals surface area contributed by atoms with Crippen LogP contribution in [-0.4, -0.2) is 100.0 Å². The molecule has 1 aromatic carbocycles. The van der Waals surface area contributed by atoms with E-state index in [1.165, 1.54) is 36.4 Å². The molecule has 4 N–H and O–H groups in total. The second kappa shape index (κ2) is 16.0. The van der Waals surface area contributed by atoms with E-state index >= 15 is 0 Å². The van der Waals surface area contributed by atoms with E-state index in [0.717, 1.165) is 89.1 Å². The number of carboxylic acid groups (broad SMARTS) is 1. The quantitative estimate of drug-likeness (QED) is 0.118. The van der Waals surface area contributed by atoms with E-state index < -0.39 is 5.97 Å². The minimum absolute atomic E-state index is 0.0894. The lowest BCUT2D eigenvalue weighted by atomic mass is 9.53. The summed E-state index contributed by atoms with van der Waals surface area (Å²) in [6.45, 7) is 15.4. The number of halogens is 1. The predicted octanol–water partition coefficient (Wildman–Crippen LogP) is 7.93. The third kappa shape index (κ3) is 7.89. The maximum absolute atomic E-state index is 14.4. The SMILES string of the molecule is CC(=NCC1CC2(C)CC3(C)CC1CC(OCCN1CCOCC1)(C2)C3)C(=CN)c1ccc(N2CCCc3c2nnc(Nc2nc4cccc(F)c4s2)c3C)nc1C(=O)O. The van der Waals surface area contributed by atoms with Crippen molar-refractivity contribution in [1.82, 2.24) is 25.1 Å². The number of thiazole rings is 1. The van der Waals surface area contributed by atoms with Gasteiger partial charge in [-0.3, -0.25) is 9.89 Å². The van der Waals surface area contributed by atoms with Crippen molar-refractivity contribution in [2.24, 2.45) is 33.4 Å². The van der Waals surface area contributed by atoms with Gasteiger partial charge in [0.15, 0.2) is 22.5 Å². The number of hydrogen-bond donors (Lipinski definition) is 3. The smallest absolute Gasteiger partial charge is 0.355 e. The van der Waals surface area contributed by atoms with Crippen molar-refractivity contribution in [3.8, 4) is 0 Å². The minimum atomic E-state index is -1.15. The molecule has 5 fully saturated rings. The number of anilines is 4. The number of allylic oxidation sites excluding steroid dienone is 1. The van der Waals surface area contributed by atoms with Crippen LogP contribution in [0, 0.1) is 35.4 Å². The van der Waals surface area contributed by atoms with Crippen LogP contribution in [0.5, 0.6) is 0 Å². The van der Waals surface area contributed by atoms with Gasteiger partial charge in [0, 0.05) is 66.9 Å². The van der Waals surface area contributed by atoms with Crippen LogP contribution >= 0.6 is 11.3 Å². The molecule has 13 nitrogen and oxygen atoms in total. The molecule has 4 aromatic rings. The van der Waals surface area contributed by atoms with Crippen LogP contribution in [0.1, 0.15) is 92.9 Å². The highest BCUT2D eigenvalue weighted by atomic mass is 32.1. The first-order valence-corrected chi connectivity index (χ1v) is 22.2. The summed E-state index contributed by atoms with van der Waals surface area (Å²) in [4.78, 5) is 31.7. The van der Waals surface area contributed by atoms with Crippen molar-refractivity contribution in [3.05, 3.63) is 64.7 Å².